The third-order valence-corrected chi connectivity index (χ3v) is 5.15. The maximum absolute atomic E-state index is 12.6. The Bertz CT molecular complexity index is 1090. The van der Waals surface area contributed by atoms with Crippen molar-refractivity contribution in [1.82, 2.24) is 14.5 Å². The van der Waals surface area contributed by atoms with Gasteiger partial charge < -0.3 is 14.6 Å². The Labute approximate surface area is 172 Å². The Kier molecular flexibility index (Phi) is 5.67. The first kappa shape index (κ1) is 18.9. The van der Waals surface area contributed by atoms with Crippen LogP contribution < -0.4 is 10.1 Å². The largest absolute Gasteiger partial charge is 0.494 e. The molecule has 0 bridgehead atoms. The number of hydrogen-bond donors (Lipinski definition) is 1. The summed E-state index contributed by atoms with van der Waals surface area (Å²) in [6.07, 6.45) is 5.42. The number of imidazole rings is 1. The quantitative estimate of drug-likeness (QED) is 0.484. The molecule has 2 aromatic carbocycles. The molecular weight excluding hydrogens is 384 g/mol. The lowest BCUT2D eigenvalue weighted by atomic mass is 10.2. The van der Waals surface area contributed by atoms with Crippen molar-refractivity contribution >= 4 is 22.9 Å². The molecule has 2 heterocycles. The summed E-state index contributed by atoms with van der Waals surface area (Å²) in [4.78, 5) is 21.2. The van der Waals surface area contributed by atoms with Gasteiger partial charge in [0.05, 0.1) is 12.9 Å². The number of amides is 1. The number of thiazole rings is 1. The average Bonchev–Trinajstić information content (AvgIpc) is 3.41. The van der Waals surface area contributed by atoms with Crippen LogP contribution in [0.15, 0.2) is 72.6 Å². The van der Waals surface area contributed by atoms with Crippen LogP contribution in [0.25, 0.3) is 10.6 Å². The summed E-state index contributed by atoms with van der Waals surface area (Å²) < 4.78 is 7.44. The topological polar surface area (TPSA) is 69.0 Å². The molecule has 0 spiro atoms. The Balaban J connectivity index is 1.44. The van der Waals surface area contributed by atoms with Gasteiger partial charge in [-0.3, -0.25) is 4.79 Å². The van der Waals surface area contributed by atoms with E-state index in [0.717, 1.165) is 27.6 Å². The van der Waals surface area contributed by atoms with Gasteiger partial charge in [0.2, 0.25) is 0 Å². The van der Waals surface area contributed by atoms with Crippen LogP contribution >= 0.6 is 11.3 Å². The Hall–Kier alpha value is -3.45. The van der Waals surface area contributed by atoms with Gasteiger partial charge in [0.25, 0.3) is 5.91 Å². The van der Waals surface area contributed by atoms with Crippen LogP contribution in [-0.2, 0) is 6.54 Å². The monoisotopic (exact) mass is 404 g/mol. The van der Waals surface area contributed by atoms with Gasteiger partial charge in [0.15, 0.2) is 0 Å². The molecule has 1 N–H and O–H groups in total. The SMILES string of the molecule is CCOc1ccc(-c2nc(C(=O)Nc3cccc(Cn4ccnc4)c3)cs2)cc1. The molecular formula is C22H20N4O2S. The molecule has 0 aliphatic heterocycles. The fourth-order valence-corrected chi connectivity index (χ4v) is 3.71. The van der Waals surface area contributed by atoms with E-state index in [1.807, 2.05) is 66.2 Å². The second-order valence-corrected chi connectivity index (χ2v) is 7.24. The number of carbonyl (C=O) groups excluding carboxylic acids is 1. The molecule has 0 aliphatic rings. The zero-order chi connectivity index (χ0) is 20.1. The summed E-state index contributed by atoms with van der Waals surface area (Å²) in [6.45, 7) is 3.28. The maximum atomic E-state index is 12.6. The summed E-state index contributed by atoms with van der Waals surface area (Å²) in [5.41, 5.74) is 3.18. The first-order valence-corrected chi connectivity index (χ1v) is 10.1. The molecule has 0 fully saturated rings. The minimum absolute atomic E-state index is 0.224. The number of ether oxygens (including phenoxy) is 1. The van der Waals surface area contributed by atoms with Crippen molar-refractivity contribution in [3.63, 3.8) is 0 Å². The second-order valence-electron chi connectivity index (χ2n) is 6.38. The minimum Gasteiger partial charge on any atom is -0.494 e. The number of nitrogens with one attached hydrogen (secondary N) is 1. The molecule has 4 aromatic rings. The number of carbonyl (C=O) groups is 1. The van der Waals surface area contributed by atoms with Crippen LogP contribution in [0.5, 0.6) is 5.75 Å². The molecule has 1 amide bonds. The fourth-order valence-electron chi connectivity index (χ4n) is 2.90. The van der Waals surface area contributed by atoms with E-state index >= 15 is 0 Å². The number of nitrogens with zero attached hydrogens (tertiary/aromatic N) is 3. The molecule has 4 rings (SSSR count). The van der Waals surface area contributed by atoms with Crippen molar-refractivity contribution in [2.45, 2.75) is 13.5 Å². The molecule has 146 valence electrons. The van der Waals surface area contributed by atoms with Gasteiger partial charge in [-0.25, -0.2) is 9.97 Å². The van der Waals surface area contributed by atoms with Crippen molar-refractivity contribution in [2.75, 3.05) is 11.9 Å². The third-order valence-electron chi connectivity index (χ3n) is 4.26. The molecule has 0 unspecified atom stereocenters. The zero-order valence-corrected chi connectivity index (χ0v) is 16.7. The van der Waals surface area contributed by atoms with E-state index in [0.29, 0.717) is 18.8 Å². The maximum Gasteiger partial charge on any atom is 0.275 e. The van der Waals surface area contributed by atoms with Gasteiger partial charge in [0.1, 0.15) is 16.5 Å². The van der Waals surface area contributed by atoms with Crippen molar-refractivity contribution in [2.24, 2.45) is 0 Å². The summed E-state index contributed by atoms with van der Waals surface area (Å²) in [7, 11) is 0. The minimum atomic E-state index is -0.224. The highest BCUT2D eigenvalue weighted by atomic mass is 32.1. The van der Waals surface area contributed by atoms with Crippen LogP contribution in [0, 0.1) is 0 Å². The number of anilines is 1. The normalized spacial score (nSPS) is 10.7. The molecule has 7 heteroatoms. The van der Waals surface area contributed by atoms with Crippen LogP contribution in [0.3, 0.4) is 0 Å². The standard InChI is InChI=1S/C22H20N4O2S/c1-2-28-19-8-6-17(7-9-19)22-25-20(14-29-22)21(27)24-18-5-3-4-16(12-18)13-26-11-10-23-15-26/h3-12,14-15H,2,13H2,1H3,(H,24,27). The number of rotatable bonds is 7. The van der Waals surface area contributed by atoms with E-state index in [9.17, 15) is 4.79 Å². The van der Waals surface area contributed by atoms with Crippen molar-refractivity contribution in [3.8, 4) is 16.3 Å². The van der Waals surface area contributed by atoms with E-state index in [4.69, 9.17) is 4.74 Å². The zero-order valence-electron chi connectivity index (χ0n) is 15.9. The lowest BCUT2D eigenvalue weighted by molar-refractivity contribution is 0.102. The highest BCUT2D eigenvalue weighted by Gasteiger charge is 2.12. The lowest BCUT2D eigenvalue weighted by Crippen LogP contribution is -2.12. The second kappa shape index (κ2) is 8.70. The van der Waals surface area contributed by atoms with Crippen LogP contribution in [-0.4, -0.2) is 27.0 Å². The highest BCUT2D eigenvalue weighted by molar-refractivity contribution is 7.13. The first-order chi connectivity index (χ1) is 14.2. The van der Waals surface area contributed by atoms with Gasteiger partial charge in [-0.2, -0.15) is 0 Å². The van der Waals surface area contributed by atoms with Gasteiger partial charge in [-0.05, 0) is 48.9 Å². The van der Waals surface area contributed by atoms with E-state index in [1.165, 1.54) is 11.3 Å². The summed E-state index contributed by atoms with van der Waals surface area (Å²) >= 11 is 1.44. The molecule has 0 saturated carbocycles. The first-order valence-electron chi connectivity index (χ1n) is 9.26. The van der Waals surface area contributed by atoms with Crippen molar-refractivity contribution in [1.29, 1.82) is 0 Å². The summed E-state index contributed by atoms with van der Waals surface area (Å²) in [6, 6.07) is 15.5. The number of aromatic nitrogens is 3. The van der Waals surface area contributed by atoms with Crippen LogP contribution in [0.4, 0.5) is 5.69 Å². The van der Waals surface area contributed by atoms with Crippen LogP contribution in [0.1, 0.15) is 23.0 Å². The van der Waals surface area contributed by atoms with Gasteiger partial charge in [-0.15, -0.1) is 11.3 Å². The highest BCUT2D eigenvalue weighted by Crippen LogP contribution is 2.26. The molecule has 29 heavy (non-hydrogen) atoms. The van der Waals surface area contributed by atoms with Gasteiger partial charge in [0, 0.05) is 35.6 Å². The van der Waals surface area contributed by atoms with Crippen molar-refractivity contribution in [3.05, 3.63) is 83.9 Å². The fraction of sp³-hybridized carbons (Fsp3) is 0.136. The molecule has 0 saturated heterocycles. The Morgan fingerprint density at radius 1 is 1.21 bits per heavy atom. The smallest absolute Gasteiger partial charge is 0.275 e. The van der Waals surface area contributed by atoms with E-state index in [1.54, 1.807) is 17.9 Å². The lowest BCUT2D eigenvalue weighted by Gasteiger charge is -2.07. The average molecular weight is 404 g/mol. The third kappa shape index (κ3) is 4.70. The Morgan fingerprint density at radius 2 is 2.07 bits per heavy atom. The number of benzene rings is 2. The van der Waals surface area contributed by atoms with Gasteiger partial charge in [-0.1, -0.05) is 12.1 Å². The van der Waals surface area contributed by atoms with E-state index in [2.05, 4.69) is 15.3 Å². The predicted molar refractivity (Wildman–Crippen MR) is 114 cm³/mol. The van der Waals surface area contributed by atoms with E-state index < -0.39 is 0 Å². The summed E-state index contributed by atoms with van der Waals surface area (Å²) in [5, 5.41) is 5.50. The molecule has 0 radical (unpaired) electrons. The summed E-state index contributed by atoms with van der Waals surface area (Å²) in [5.74, 6) is 0.597. The Morgan fingerprint density at radius 3 is 2.83 bits per heavy atom. The molecule has 6 nitrogen and oxygen atoms in total. The molecule has 0 atom stereocenters. The number of hydrogen-bond acceptors (Lipinski definition) is 5. The predicted octanol–water partition coefficient (Wildman–Crippen LogP) is 4.71. The van der Waals surface area contributed by atoms with E-state index in [-0.39, 0.29) is 5.91 Å². The molecule has 2 aromatic heterocycles. The van der Waals surface area contributed by atoms with Gasteiger partial charge >= 0.3 is 0 Å². The molecule has 0 aliphatic carbocycles. The van der Waals surface area contributed by atoms with Crippen LogP contribution in [0.2, 0.25) is 0 Å². The van der Waals surface area contributed by atoms with Crippen molar-refractivity contribution < 1.29 is 9.53 Å².